The number of nitrogens with one attached hydrogen (secondary N) is 2. The Balaban J connectivity index is 1.42. The van der Waals surface area contributed by atoms with Crippen molar-refractivity contribution >= 4 is 33.2 Å². The average molecular weight is 447 g/mol. The highest BCUT2D eigenvalue weighted by Gasteiger charge is 2.15. The zero-order valence-corrected chi connectivity index (χ0v) is 17.4. The molecule has 1 heterocycles. The second-order valence-electron chi connectivity index (χ2n) is 6.65. The predicted octanol–water partition coefficient (Wildman–Crippen LogP) is 3.44. The number of amides is 1. The van der Waals surface area contributed by atoms with Crippen LogP contribution in [0.5, 0.6) is 5.75 Å². The van der Waals surface area contributed by atoms with Gasteiger partial charge in [-0.2, -0.15) is 13.5 Å². The van der Waals surface area contributed by atoms with Crippen LogP contribution in [0.15, 0.2) is 99.3 Å². The van der Waals surface area contributed by atoms with Crippen LogP contribution in [0.25, 0.3) is 11.0 Å². The van der Waals surface area contributed by atoms with Crippen molar-refractivity contribution in [1.29, 1.82) is 5.41 Å². The van der Waals surface area contributed by atoms with Crippen molar-refractivity contribution in [2.45, 2.75) is 4.90 Å². The Hall–Kier alpha value is -4.24. The average Bonchev–Trinajstić information content (AvgIpc) is 2.80. The molecule has 0 fully saturated rings. The number of fused-ring (bicyclic) bond motifs is 1. The van der Waals surface area contributed by atoms with E-state index in [9.17, 15) is 13.2 Å². The second kappa shape index (κ2) is 8.86. The maximum atomic E-state index is 12.4. The Morgan fingerprint density at radius 2 is 1.66 bits per heavy atom. The number of para-hydroxylation sites is 1. The lowest BCUT2D eigenvalue weighted by molar-refractivity contribution is 0.0951. The Bertz CT molecular complexity index is 1460. The molecule has 4 rings (SSSR count). The molecule has 1 amide bonds. The molecule has 0 spiro atoms. The molecule has 0 saturated heterocycles. The van der Waals surface area contributed by atoms with Crippen LogP contribution in [0.1, 0.15) is 15.9 Å². The quantitative estimate of drug-likeness (QED) is 0.266. The van der Waals surface area contributed by atoms with Gasteiger partial charge in [0.05, 0.1) is 6.21 Å². The fourth-order valence-corrected chi connectivity index (χ4v) is 3.80. The number of hydrogen-bond acceptors (Lipinski definition) is 7. The van der Waals surface area contributed by atoms with Gasteiger partial charge in [-0.3, -0.25) is 10.2 Å². The van der Waals surface area contributed by atoms with Crippen LogP contribution < -0.4 is 15.2 Å². The number of carbonyl (C=O) groups is 1. The lowest BCUT2D eigenvalue weighted by Gasteiger charge is -2.07. The highest BCUT2D eigenvalue weighted by molar-refractivity contribution is 7.87. The van der Waals surface area contributed by atoms with E-state index >= 15 is 0 Å². The Morgan fingerprint density at radius 1 is 0.969 bits per heavy atom. The zero-order valence-electron chi connectivity index (χ0n) is 16.6. The van der Waals surface area contributed by atoms with E-state index < -0.39 is 16.0 Å². The predicted molar refractivity (Wildman–Crippen MR) is 118 cm³/mol. The van der Waals surface area contributed by atoms with E-state index in [0.717, 1.165) is 0 Å². The molecule has 3 aromatic carbocycles. The number of benzene rings is 3. The summed E-state index contributed by atoms with van der Waals surface area (Å²) >= 11 is 0. The molecule has 4 aromatic rings. The molecule has 32 heavy (non-hydrogen) atoms. The van der Waals surface area contributed by atoms with Gasteiger partial charge in [-0.15, -0.1) is 0 Å². The van der Waals surface area contributed by atoms with Gasteiger partial charge in [0.2, 0.25) is 5.55 Å². The molecular formula is C23H17N3O5S. The molecule has 0 aliphatic carbocycles. The number of hydrogen-bond donors (Lipinski definition) is 2. The van der Waals surface area contributed by atoms with Gasteiger partial charge in [-0.05, 0) is 54.1 Å². The number of carbonyl (C=O) groups excluding carboxylic acids is 1. The molecule has 0 unspecified atom stereocenters. The second-order valence-corrected chi connectivity index (χ2v) is 8.19. The first-order valence-electron chi connectivity index (χ1n) is 9.43. The highest BCUT2D eigenvalue weighted by Crippen LogP contribution is 2.18. The first-order chi connectivity index (χ1) is 15.4. The summed E-state index contributed by atoms with van der Waals surface area (Å²) in [7, 11) is -3.92. The molecule has 0 saturated carbocycles. The number of nitrogens with zero attached hydrogens (tertiary/aromatic N) is 1. The van der Waals surface area contributed by atoms with Crippen molar-refractivity contribution in [2.24, 2.45) is 5.10 Å². The van der Waals surface area contributed by atoms with E-state index in [1.165, 1.54) is 30.5 Å². The summed E-state index contributed by atoms with van der Waals surface area (Å²) in [5, 5.41) is 12.5. The van der Waals surface area contributed by atoms with Crippen LogP contribution in [-0.2, 0) is 10.1 Å². The SMILES string of the molecule is N=c1oc2ccccc2cc1C(=O)N/N=C/c1ccc(OS(=O)(=O)c2ccccc2)cc1. The fourth-order valence-electron chi connectivity index (χ4n) is 2.84. The summed E-state index contributed by atoms with van der Waals surface area (Å²) in [6, 6.07) is 22.6. The van der Waals surface area contributed by atoms with Crippen molar-refractivity contribution in [1.82, 2.24) is 5.43 Å². The van der Waals surface area contributed by atoms with Gasteiger partial charge < -0.3 is 8.60 Å². The molecule has 0 bridgehead atoms. The van der Waals surface area contributed by atoms with E-state index in [-0.39, 0.29) is 21.8 Å². The van der Waals surface area contributed by atoms with Crippen molar-refractivity contribution in [3.8, 4) is 5.75 Å². The molecule has 0 aliphatic heterocycles. The van der Waals surface area contributed by atoms with Gasteiger partial charge in [0.15, 0.2) is 0 Å². The smallest absolute Gasteiger partial charge is 0.339 e. The largest absolute Gasteiger partial charge is 0.438 e. The molecule has 0 atom stereocenters. The van der Waals surface area contributed by atoms with Gasteiger partial charge in [0.25, 0.3) is 5.91 Å². The van der Waals surface area contributed by atoms with Crippen LogP contribution >= 0.6 is 0 Å². The Morgan fingerprint density at radius 3 is 2.41 bits per heavy atom. The molecule has 0 aliphatic rings. The van der Waals surface area contributed by atoms with Crippen LogP contribution in [-0.4, -0.2) is 20.5 Å². The third-order valence-corrected chi connectivity index (χ3v) is 5.68. The van der Waals surface area contributed by atoms with Crippen molar-refractivity contribution in [2.75, 3.05) is 0 Å². The Labute approximate surface area is 183 Å². The van der Waals surface area contributed by atoms with E-state index in [0.29, 0.717) is 16.5 Å². The monoisotopic (exact) mass is 447 g/mol. The number of hydrazone groups is 1. The first-order valence-corrected chi connectivity index (χ1v) is 10.8. The van der Waals surface area contributed by atoms with Crippen molar-refractivity contribution < 1.29 is 21.8 Å². The van der Waals surface area contributed by atoms with Gasteiger partial charge >= 0.3 is 10.1 Å². The van der Waals surface area contributed by atoms with E-state index in [1.807, 2.05) is 0 Å². The third kappa shape index (κ3) is 4.73. The minimum Gasteiger partial charge on any atom is -0.438 e. The fraction of sp³-hybridized carbons (Fsp3) is 0. The molecule has 1 aromatic heterocycles. The topological polar surface area (TPSA) is 122 Å². The van der Waals surface area contributed by atoms with E-state index in [1.54, 1.807) is 60.7 Å². The van der Waals surface area contributed by atoms with E-state index in [2.05, 4.69) is 10.5 Å². The maximum absolute atomic E-state index is 12.4. The normalized spacial score (nSPS) is 11.5. The summed E-state index contributed by atoms with van der Waals surface area (Å²) in [5.41, 5.74) is 3.25. The maximum Gasteiger partial charge on any atom is 0.339 e. The standard InChI is InChI=1S/C23H17N3O5S/c24-22-20(14-17-6-4-5-9-21(17)30-22)23(27)26-25-15-16-10-12-18(13-11-16)31-32(28,29)19-7-2-1-3-8-19/h1-15,24H,(H,26,27)/b24-22?,25-15+. The van der Waals surface area contributed by atoms with Gasteiger partial charge in [-0.1, -0.05) is 36.4 Å². The summed E-state index contributed by atoms with van der Waals surface area (Å²) < 4.78 is 35.0. The highest BCUT2D eigenvalue weighted by atomic mass is 32.2. The molecule has 9 heteroatoms. The summed E-state index contributed by atoms with van der Waals surface area (Å²) in [4.78, 5) is 12.4. The van der Waals surface area contributed by atoms with Crippen LogP contribution in [0.3, 0.4) is 0 Å². The molecular weight excluding hydrogens is 430 g/mol. The number of rotatable bonds is 6. The van der Waals surface area contributed by atoms with Crippen LogP contribution in [0.4, 0.5) is 0 Å². The first kappa shape index (κ1) is 21.0. The van der Waals surface area contributed by atoms with Crippen LogP contribution in [0, 0.1) is 5.41 Å². The van der Waals surface area contributed by atoms with Crippen molar-refractivity contribution in [3.63, 3.8) is 0 Å². The summed E-state index contributed by atoms with van der Waals surface area (Å²) in [6.07, 6.45) is 1.38. The summed E-state index contributed by atoms with van der Waals surface area (Å²) in [6.45, 7) is 0. The summed E-state index contributed by atoms with van der Waals surface area (Å²) in [5.74, 6) is -0.443. The lowest BCUT2D eigenvalue weighted by Crippen LogP contribution is -2.24. The van der Waals surface area contributed by atoms with Crippen molar-refractivity contribution in [3.05, 3.63) is 102 Å². The molecule has 2 N–H and O–H groups in total. The minimum atomic E-state index is -3.92. The third-order valence-electron chi connectivity index (χ3n) is 4.42. The molecule has 160 valence electrons. The Kier molecular flexibility index (Phi) is 5.82. The zero-order chi connectivity index (χ0) is 22.6. The van der Waals surface area contributed by atoms with Gasteiger partial charge in [0.1, 0.15) is 21.8 Å². The van der Waals surface area contributed by atoms with Gasteiger partial charge in [-0.25, -0.2) is 5.43 Å². The van der Waals surface area contributed by atoms with Crippen LogP contribution in [0.2, 0.25) is 0 Å². The molecule has 0 radical (unpaired) electrons. The molecule has 8 nitrogen and oxygen atoms in total. The van der Waals surface area contributed by atoms with E-state index in [4.69, 9.17) is 14.0 Å². The minimum absolute atomic E-state index is 0.0516. The van der Waals surface area contributed by atoms with Gasteiger partial charge in [0, 0.05) is 5.39 Å². The lowest BCUT2D eigenvalue weighted by atomic mass is 10.2.